The second-order valence-electron chi connectivity index (χ2n) is 4.40. The van der Waals surface area contributed by atoms with Gasteiger partial charge in [-0.15, -0.1) is 0 Å². The van der Waals surface area contributed by atoms with E-state index < -0.39 is 0 Å². The van der Waals surface area contributed by atoms with Crippen LogP contribution >= 0.6 is 0 Å². The van der Waals surface area contributed by atoms with Crippen LogP contribution in [0.2, 0.25) is 0 Å². The predicted octanol–water partition coefficient (Wildman–Crippen LogP) is 4.34. The quantitative estimate of drug-likeness (QED) is 0.738. The summed E-state index contributed by atoms with van der Waals surface area (Å²) in [4.78, 5) is 0. The van der Waals surface area contributed by atoms with Gasteiger partial charge in [0, 0.05) is 11.5 Å². The van der Waals surface area contributed by atoms with Crippen LogP contribution in [0.1, 0.15) is 36.3 Å². The van der Waals surface area contributed by atoms with E-state index in [0.29, 0.717) is 0 Å². The first-order chi connectivity index (χ1) is 8.31. The molecule has 1 heteroatoms. The highest BCUT2D eigenvalue weighted by Crippen LogP contribution is 2.41. The maximum absolute atomic E-state index is 5.65. The number of hydrogen-bond donors (Lipinski definition) is 0. The number of rotatable bonds is 2. The van der Waals surface area contributed by atoms with Gasteiger partial charge in [0.05, 0.1) is 6.26 Å². The summed E-state index contributed by atoms with van der Waals surface area (Å²) < 4.78 is 5.65. The first kappa shape index (κ1) is 10.4. The van der Waals surface area contributed by atoms with Crippen LogP contribution in [-0.4, -0.2) is 0 Å². The molecule has 1 radical (unpaired) electrons. The highest BCUT2D eigenvalue weighted by Gasteiger charge is 2.25. The molecule has 85 valence electrons. The minimum absolute atomic E-state index is 1.01. The highest BCUT2D eigenvalue weighted by molar-refractivity contribution is 5.97. The third kappa shape index (κ3) is 1.54. The molecule has 0 spiro atoms. The lowest BCUT2D eigenvalue weighted by Crippen LogP contribution is -1.95. The summed E-state index contributed by atoms with van der Waals surface area (Å²) in [5.41, 5.74) is 5.12. The normalized spacial score (nSPS) is 14.8. The zero-order valence-corrected chi connectivity index (χ0v) is 10.2. The van der Waals surface area contributed by atoms with E-state index in [1.807, 2.05) is 0 Å². The van der Waals surface area contributed by atoms with E-state index in [-0.39, 0.29) is 0 Å². The van der Waals surface area contributed by atoms with Crippen molar-refractivity contribution in [3.8, 4) is 0 Å². The van der Waals surface area contributed by atoms with E-state index in [9.17, 15) is 0 Å². The summed E-state index contributed by atoms with van der Waals surface area (Å²) in [6.45, 7) is 4.33. The van der Waals surface area contributed by atoms with Crippen LogP contribution in [0.15, 0.2) is 41.0 Å². The fraction of sp³-hybridized carbons (Fsp3) is 0.188. The Hall–Kier alpha value is -1.76. The number of fused-ring (bicyclic) bond motifs is 1. The summed E-state index contributed by atoms with van der Waals surface area (Å²) in [5, 5.41) is 0. The van der Waals surface area contributed by atoms with Crippen molar-refractivity contribution in [3.63, 3.8) is 0 Å². The molecule has 1 aromatic carbocycles. The van der Waals surface area contributed by atoms with Crippen LogP contribution in [0.5, 0.6) is 0 Å². The molecule has 0 fully saturated rings. The monoisotopic (exact) mass is 223 g/mol. The maximum Gasteiger partial charge on any atom is 0.133 e. The lowest BCUT2D eigenvalue weighted by Gasteiger charge is -2.09. The summed E-state index contributed by atoms with van der Waals surface area (Å²) in [5.74, 6) is 2.34. The average Bonchev–Trinajstić information content (AvgIpc) is 2.94. The maximum atomic E-state index is 5.65. The van der Waals surface area contributed by atoms with Gasteiger partial charge in [0.1, 0.15) is 5.76 Å². The van der Waals surface area contributed by atoms with Gasteiger partial charge in [-0.1, -0.05) is 38.1 Å². The Morgan fingerprint density at radius 2 is 1.94 bits per heavy atom. The average molecular weight is 223 g/mol. The topological polar surface area (TPSA) is 13.1 Å². The zero-order chi connectivity index (χ0) is 11.8. The molecule has 1 aliphatic rings. The Morgan fingerprint density at radius 3 is 2.71 bits per heavy atom. The molecule has 0 N–H and O–H groups in total. The first-order valence-corrected chi connectivity index (χ1v) is 6.03. The third-order valence-corrected chi connectivity index (χ3v) is 3.44. The SMILES string of the molecule is CCc1ccoc1C1=Cc2ccccc2[C]1C. The number of benzene rings is 1. The van der Waals surface area contributed by atoms with Crippen molar-refractivity contribution in [2.45, 2.75) is 20.3 Å². The minimum Gasteiger partial charge on any atom is -0.464 e. The van der Waals surface area contributed by atoms with Crippen molar-refractivity contribution < 1.29 is 4.42 Å². The van der Waals surface area contributed by atoms with E-state index in [4.69, 9.17) is 4.42 Å². The van der Waals surface area contributed by atoms with Gasteiger partial charge in [-0.2, -0.15) is 0 Å². The molecule has 1 aliphatic carbocycles. The van der Waals surface area contributed by atoms with Gasteiger partial charge in [0.25, 0.3) is 0 Å². The van der Waals surface area contributed by atoms with Crippen molar-refractivity contribution >= 4 is 11.6 Å². The van der Waals surface area contributed by atoms with Crippen LogP contribution in [0.4, 0.5) is 0 Å². The Bertz CT molecular complexity index is 575. The van der Waals surface area contributed by atoms with E-state index in [0.717, 1.165) is 12.2 Å². The second-order valence-corrected chi connectivity index (χ2v) is 4.40. The summed E-state index contributed by atoms with van der Waals surface area (Å²) in [7, 11) is 0. The molecule has 0 saturated carbocycles. The van der Waals surface area contributed by atoms with Crippen molar-refractivity contribution in [2.24, 2.45) is 0 Å². The molecule has 0 amide bonds. The van der Waals surface area contributed by atoms with Crippen LogP contribution in [0, 0.1) is 5.92 Å². The molecule has 0 saturated heterocycles. The van der Waals surface area contributed by atoms with Gasteiger partial charge in [0.15, 0.2) is 0 Å². The van der Waals surface area contributed by atoms with Gasteiger partial charge in [-0.05, 0) is 35.3 Å². The Morgan fingerprint density at radius 1 is 1.12 bits per heavy atom. The Labute approximate surface area is 102 Å². The van der Waals surface area contributed by atoms with Gasteiger partial charge < -0.3 is 4.42 Å². The first-order valence-electron chi connectivity index (χ1n) is 6.03. The standard InChI is InChI=1S/C16H15O/c1-3-12-8-9-17-16(12)15-10-13-6-4-5-7-14(13)11(15)2/h4-10H,3H2,1-2H3. The molecule has 17 heavy (non-hydrogen) atoms. The van der Waals surface area contributed by atoms with Crippen molar-refractivity contribution in [3.05, 3.63) is 65.0 Å². The van der Waals surface area contributed by atoms with Gasteiger partial charge in [-0.3, -0.25) is 0 Å². The molecule has 0 aliphatic heterocycles. The van der Waals surface area contributed by atoms with E-state index in [1.165, 1.54) is 28.2 Å². The number of hydrogen-bond acceptors (Lipinski definition) is 1. The summed E-state index contributed by atoms with van der Waals surface area (Å²) >= 11 is 0. The van der Waals surface area contributed by atoms with Gasteiger partial charge in [-0.25, -0.2) is 0 Å². The van der Waals surface area contributed by atoms with Gasteiger partial charge >= 0.3 is 0 Å². The van der Waals surface area contributed by atoms with Crippen LogP contribution in [0.3, 0.4) is 0 Å². The Kier molecular flexibility index (Phi) is 2.40. The minimum atomic E-state index is 1.01. The van der Waals surface area contributed by atoms with Gasteiger partial charge in [0.2, 0.25) is 0 Å². The lowest BCUT2D eigenvalue weighted by molar-refractivity contribution is 0.549. The van der Waals surface area contributed by atoms with Crippen LogP contribution < -0.4 is 0 Å². The second kappa shape index (κ2) is 3.92. The fourth-order valence-corrected chi connectivity index (χ4v) is 2.46. The smallest absolute Gasteiger partial charge is 0.133 e. The molecule has 3 rings (SSSR count). The summed E-state index contributed by atoms with van der Waals surface area (Å²) in [6, 6.07) is 10.5. The third-order valence-electron chi connectivity index (χ3n) is 3.44. The Balaban J connectivity index is 2.09. The van der Waals surface area contributed by atoms with Crippen molar-refractivity contribution in [2.75, 3.05) is 0 Å². The molecule has 1 heterocycles. The highest BCUT2D eigenvalue weighted by atomic mass is 16.3. The van der Waals surface area contributed by atoms with Crippen LogP contribution in [0.25, 0.3) is 11.6 Å². The van der Waals surface area contributed by atoms with Crippen molar-refractivity contribution in [1.29, 1.82) is 0 Å². The van der Waals surface area contributed by atoms with E-state index in [1.54, 1.807) is 6.26 Å². The fourth-order valence-electron chi connectivity index (χ4n) is 2.46. The lowest BCUT2D eigenvalue weighted by atomic mass is 9.95. The number of furan rings is 1. The van der Waals surface area contributed by atoms with E-state index in [2.05, 4.69) is 50.3 Å². The molecular formula is C16H15O. The van der Waals surface area contributed by atoms with Crippen molar-refractivity contribution in [1.82, 2.24) is 0 Å². The largest absolute Gasteiger partial charge is 0.464 e. The molecule has 2 aromatic rings. The number of allylic oxidation sites excluding steroid dienone is 1. The predicted molar refractivity (Wildman–Crippen MR) is 70.4 cm³/mol. The molecule has 1 nitrogen and oxygen atoms in total. The molecule has 1 aromatic heterocycles. The molecule has 0 unspecified atom stereocenters. The van der Waals surface area contributed by atoms with E-state index >= 15 is 0 Å². The summed E-state index contributed by atoms with van der Waals surface area (Å²) in [6.07, 6.45) is 5.01. The van der Waals surface area contributed by atoms with Crippen LogP contribution in [-0.2, 0) is 6.42 Å². The molecular weight excluding hydrogens is 208 g/mol. The zero-order valence-electron chi connectivity index (χ0n) is 10.2. The molecule has 0 atom stereocenters. The molecule has 0 bridgehead atoms. The number of aryl methyl sites for hydroxylation is 1.